The second-order valence-corrected chi connectivity index (χ2v) is 6.45. The highest BCUT2D eigenvalue weighted by Crippen LogP contribution is 2.20. The van der Waals surface area contributed by atoms with Gasteiger partial charge in [-0.1, -0.05) is 6.08 Å². The predicted octanol–water partition coefficient (Wildman–Crippen LogP) is 3.53. The molecule has 0 aromatic heterocycles. The smallest absolute Gasteiger partial charge is 0.261 e. The third kappa shape index (κ3) is 3.85. The number of hydrogen-bond donors (Lipinski definition) is 2. The van der Waals surface area contributed by atoms with Crippen LogP contribution in [0.5, 0.6) is 0 Å². The third-order valence-electron chi connectivity index (χ3n) is 3.03. The van der Waals surface area contributed by atoms with Gasteiger partial charge in [0.2, 0.25) is 0 Å². The van der Waals surface area contributed by atoms with Crippen LogP contribution in [-0.4, -0.2) is 15.0 Å². The van der Waals surface area contributed by atoms with Gasteiger partial charge in [0.1, 0.15) is 5.82 Å². The number of rotatable bonds is 6. The van der Waals surface area contributed by atoms with Gasteiger partial charge >= 0.3 is 0 Å². The molecule has 0 saturated heterocycles. The summed E-state index contributed by atoms with van der Waals surface area (Å²) >= 11 is 0. The van der Waals surface area contributed by atoms with E-state index in [1.165, 1.54) is 19.1 Å². The van der Waals surface area contributed by atoms with Crippen LogP contribution in [0.2, 0.25) is 0 Å². The molecule has 2 N–H and O–H groups in total. The van der Waals surface area contributed by atoms with Crippen molar-refractivity contribution in [3.8, 4) is 0 Å². The molecule has 0 spiro atoms. The zero-order valence-electron chi connectivity index (χ0n) is 12.1. The van der Waals surface area contributed by atoms with Crippen LogP contribution in [0, 0.1) is 12.7 Å². The molecule has 0 aliphatic rings. The summed E-state index contributed by atoms with van der Waals surface area (Å²) in [6.45, 7) is 5.75. The summed E-state index contributed by atoms with van der Waals surface area (Å²) in [5.41, 5.74) is 1.58. The van der Waals surface area contributed by atoms with Gasteiger partial charge in [-0.05, 0) is 55.0 Å². The van der Waals surface area contributed by atoms with Crippen molar-refractivity contribution in [1.82, 2.24) is 0 Å². The molecule has 0 radical (unpaired) electrons. The Labute approximate surface area is 129 Å². The van der Waals surface area contributed by atoms with E-state index < -0.39 is 15.8 Å². The number of anilines is 2. The molecule has 2 aromatic rings. The van der Waals surface area contributed by atoms with Crippen molar-refractivity contribution in [1.29, 1.82) is 0 Å². The maximum Gasteiger partial charge on any atom is 0.261 e. The second-order valence-electron chi connectivity index (χ2n) is 4.76. The first-order valence-electron chi connectivity index (χ1n) is 6.66. The van der Waals surface area contributed by atoms with E-state index in [2.05, 4.69) is 16.6 Å². The quantitative estimate of drug-likeness (QED) is 0.801. The third-order valence-corrected chi connectivity index (χ3v) is 4.41. The molecule has 22 heavy (non-hydrogen) atoms. The van der Waals surface area contributed by atoms with Crippen molar-refractivity contribution >= 4 is 21.4 Å². The van der Waals surface area contributed by atoms with E-state index in [4.69, 9.17) is 0 Å². The monoisotopic (exact) mass is 320 g/mol. The van der Waals surface area contributed by atoms with Crippen molar-refractivity contribution in [2.24, 2.45) is 0 Å². The summed E-state index contributed by atoms with van der Waals surface area (Å²) in [5, 5.41) is 3.09. The lowest BCUT2D eigenvalue weighted by Gasteiger charge is -2.10. The van der Waals surface area contributed by atoms with Gasteiger partial charge in [-0.2, -0.15) is 0 Å². The SMILES string of the molecule is C=CCNc1ccc(NS(=O)(=O)c2ccc(F)c(C)c2)cc1. The standard InChI is InChI=1S/C16H17FN2O2S/c1-3-10-18-13-4-6-14(7-5-13)19-22(20,21)15-8-9-16(17)12(2)11-15/h3-9,11,18-19H,1,10H2,2H3. The normalized spacial score (nSPS) is 11.0. The summed E-state index contributed by atoms with van der Waals surface area (Å²) in [4.78, 5) is 0.0280. The Bertz CT molecular complexity index is 771. The van der Waals surface area contributed by atoms with E-state index in [0.29, 0.717) is 12.2 Å². The summed E-state index contributed by atoms with van der Waals surface area (Å²) in [6, 6.07) is 10.5. The Balaban J connectivity index is 2.17. The lowest BCUT2D eigenvalue weighted by molar-refractivity contribution is 0.598. The molecule has 6 heteroatoms. The van der Waals surface area contributed by atoms with Crippen LogP contribution in [0.25, 0.3) is 0 Å². The molecule has 0 atom stereocenters. The average molecular weight is 320 g/mol. The topological polar surface area (TPSA) is 58.2 Å². The minimum atomic E-state index is -3.74. The molecule has 0 unspecified atom stereocenters. The van der Waals surface area contributed by atoms with E-state index in [-0.39, 0.29) is 10.5 Å². The van der Waals surface area contributed by atoms with Crippen LogP contribution >= 0.6 is 0 Å². The largest absolute Gasteiger partial charge is 0.382 e. The number of nitrogens with one attached hydrogen (secondary N) is 2. The molecule has 2 aromatic carbocycles. The van der Waals surface area contributed by atoms with Crippen LogP contribution in [0.1, 0.15) is 5.56 Å². The van der Waals surface area contributed by atoms with Crippen molar-refractivity contribution < 1.29 is 12.8 Å². The van der Waals surface area contributed by atoms with Crippen LogP contribution in [0.4, 0.5) is 15.8 Å². The molecule has 0 saturated carbocycles. The molecule has 116 valence electrons. The fraction of sp³-hybridized carbons (Fsp3) is 0.125. The first-order valence-corrected chi connectivity index (χ1v) is 8.14. The van der Waals surface area contributed by atoms with Crippen molar-refractivity contribution in [2.75, 3.05) is 16.6 Å². The molecule has 4 nitrogen and oxygen atoms in total. The Kier molecular flexibility index (Phi) is 4.82. The molecule has 2 rings (SSSR count). The zero-order valence-corrected chi connectivity index (χ0v) is 13.0. The van der Waals surface area contributed by atoms with Gasteiger partial charge in [-0.25, -0.2) is 12.8 Å². The lowest BCUT2D eigenvalue weighted by Crippen LogP contribution is -2.13. The average Bonchev–Trinajstić information content (AvgIpc) is 2.49. The van der Waals surface area contributed by atoms with Crippen LogP contribution in [0.15, 0.2) is 60.0 Å². The highest BCUT2D eigenvalue weighted by atomic mass is 32.2. The van der Waals surface area contributed by atoms with Gasteiger partial charge in [-0.3, -0.25) is 4.72 Å². The van der Waals surface area contributed by atoms with Gasteiger partial charge in [0.15, 0.2) is 0 Å². The Morgan fingerprint density at radius 3 is 2.36 bits per heavy atom. The number of benzene rings is 2. The van der Waals surface area contributed by atoms with Crippen LogP contribution in [-0.2, 0) is 10.0 Å². The number of halogens is 1. The minimum absolute atomic E-state index is 0.0280. The number of aryl methyl sites for hydroxylation is 1. The van der Waals surface area contributed by atoms with E-state index in [9.17, 15) is 12.8 Å². The van der Waals surface area contributed by atoms with E-state index in [1.807, 2.05) is 0 Å². The molecule has 0 amide bonds. The number of sulfonamides is 1. The van der Waals surface area contributed by atoms with Gasteiger partial charge in [0, 0.05) is 17.9 Å². The molecule has 0 aliphatic heterocycles. The van der Waals surface area contributed by atoms with Crippen molar-refractivity contribution in [3.05, 3.63) is 66.5 Å². The van der Waals surface area contributed by atoms with Crippen LogP contribution < -0.4 is 10.0 Å². The van der Waals surface area contributed by atoms with E-state index >= 15 is 0 Å². The maximum atomic E-state index is 13.2. The van der Waals surface area contributed by atoms with Gasteiger partial charge < -0.3 is 5.32 Å². The van der Waals surface area contributed by atoms with Crippen molar-refractivity contribution in [2.45, 2.75) is 11.8 Å². The molecular weight excluding hydrogens is 303 g/mol. The minimum Gasteiger partial charge on any atom is -0.382 e. The first-order chi connectivity index (χ1) is 10.4. The van der Waals surface area contributed by atoms with Gasteiger partial charge in [0.25, 0.3) is 10.0 Å². The lowest BCUT2D eigenvalue weighted by atomic mass is 10.2. The molecule has 0 aliphatic carbocycles. The molecule has 0 heterocycles. The fourth-order valence-electron chi connectivity index (χ4n) is 1.84. The zero-order chi connectivity index (χ0) is 16.2. The summed E-state index contributed by atoms with van der Waals surface area (Å²) in [5.74, 6) is -0.434. The molecule has 0 fully saturated rings. The second kappa shape index (κ2) is 6.62. The summed E-state index contributed by atoms with van der Waals surface area (Å²) in [6.07, 6.45) is 1.73. The Morgan fingerprint density at radius 2 is 1.77 bits per heavy atom. The van der Waals surface area contributed by atoms with Crippen molar-refractivity contribution in [3.63, 3.8) is 0 Å². The number of hydrogen-bond acceptors (Lipinski definition) is 3. The van der Waals surface area contributed by atoms with Crippen LogP contribution in [0.3, 0.4) is 0 Å². The van der Waals surface area contributed by atoms with E-state index in [0.717, 1.165) is 11.8 Å². The summed E-state index contributed by atoms with van der Waals surface area (Å²) in [7, 11) is -3.74. The highest BCUT2D eigenvalue weighted by Gasteiger charge is 2.15. The van der Waals surface area contributed by atoms with Gasteiger partial charge in [-0.15, -0.1) is 6.58 Å². The first kappa shape index (κ1) is 16.0. The fourth-order valence-corrected chi connectivity index (χ4v) is 2.99. The van der Waals surface area contributed by atoms with Gasteiger partial charge in [0.05, 0.1) is 4.90 Å². The predicted molar refractivity (Wildman–Crippen MR) is 87.1 cm³/mol. The molecule has 0 bridgehead atoms. The Morgan fingerprint density at radius 1 is 1.14 bits per heavy atom. The summed E-state index contributed by atoms with van der Waals surface area (Å²) < 4.78 is 40.2. The maximum absolute atomic E-state index is 13.2. The Hall–Kier alpha value is -2.34. The molecular formula is C16H17FN2O2S. The highest BCUT2D eigenvalue weighted by molar-refractivity contribution is 7.92. The van der Waals surface area contributed by atoms with E-state index in [1.54, 1.807) is 30.3 Å².